The minimum Gasteiger partial charge on any atom is -0.376 e. The second-order valence-corrected chi connectivity index (χ2v) is 6.74. The summed E-state index contributed by atoms with van der Waals surface area (Å²) in [7, 11) is 0. The highest BCUT2D eigenvalue weighted by atomic mass is 35.5. The highest BCUT2D eigenvalue weighted by Gasteiger charge is 2.15. The fraction of sp³-hybridized carbons (Fsp3) is 0.357. The van der Waals surface area contributed by atoms with Crippen molar-refractivity contribution >= 4 is 46.6 Å². The quantitative estimate of drug-likeness (QED) is 0.460. The number of halogens is 1. The van der Waals surface area contributed by atoms with Gasteiger partial charge in [-0.3, -0.25) is 0 Å². The van der Waals surface area contributed by atoms with Gasteiger partial charge in [-0.15, -0.1) is 0 Å². The molecule has 3 rings (SSSR count). The highest BCUT2D eigenvalue weighted by Crippen LogP contribution is 2.25. The smallest absolute Gasteiger partial charge is 0.231 e. The summed E-state index contributed by atoms with van der Waals surface area (Å²) in [6.45, 7) is 1.47. The third-order valence-corrected chi connectivity index (χ3v) is 4.40. The van der Waals surface area contributed by atoms with Crippen molar-refractivity contribution in [2.75, 3.05) is 18.5 Å². The van der Waals surface area contributed by atoms with E-state index >= 15 is 0 Å². The van der Waals surface area contributed by atoms with E-state index in [9.17, 15) is 0 Å². The molecular weight excluding hydrogens is 368 g/mol. The fourth-order valence-corrected chi connectivity index (χ4v) is 3.23. The van der Waals surface area contributed by atoms with E-state index in [1.807, 2.05) is 0 Å². The summed E-state index contributed by atoms with van der Waals surface area (Å²) in [4.78, 5) is 16.8. The minimum absolute atomic E-state index is 0.200. The van der Waals surface area contributed by atoms with Crippen LogP contribution in [0.15, 0.2) is 34.7 Å². The molecule has 0 aromatic carbocycles. The molecule has 3 heterocycles. The summed E-state index contributed by atoms with van der Waals surface area (Å²) < 4.78 is 5.54. The molecule has 1 fully saturated rings. The summed E-state index contributed by atoms with van der Waals surface area (Å²) in [5.74, 6) is 0.325. The standard InChI is InChI=1S/C14H15ClN6OS2/c15-10-7-11(24-14-16-4-2-5-17-14)20-12(19-10)21-13(23)18-8-9-3-1-6-22-9/h2,4-5,7,9H,1,3,6,8H2,(H2,18,19,20,21,23)/t9-/m1/s1. The number of rotatable bonds is 5. The molecule has 2 aromatic heterocycles. The van der Waals surface area contributed by atoms with Gasteiger partial charge in [0.1, 0.15) is 10.2 Å². The van der Waals surface area contributed by atoms with Gasteiger partial charge in [0.05, 0.1) is 6.10 Å². The fourth-order valence-electron chi connectivity index (χ4n) is 2.09. The summed E-state index contributed by atoms with van der Waals surface area (Å²) in [6, 6.07) is 3.40. The molecule has 0 unspecified atom stereocenters. The topological polar surface area (TPSA) is 84.9 Å². The van der Waals surface area contributed by atoms with E-state index in [0.29, 0.717) is 32.9 Å². The maximum absolute atomic E-state index is 6.05. The molecule has 0 aliphatic carbocycles. The second kappa shape index (κ2) is 8.52. The van der Waals surface area contributed by atoms with Crippen LogP contribution in [0.25, 0.3) is 0 Å². The molecular formula is C14H15ClN6OS2. The molecule has 1 saturated heterocycles. The number of hydrogen-bond acceptors (Lipinski definition) is 7. The average molecular weight is 383 g/mol. The van der Waals surface area contributed by atoms with Gasteiger partial charge < -0.3 is 15.4 Å². The molecule has 24 heavy (non-hydrogen) atoms. The Morgan fingerprint density at radius 1 is 1.38 bits per heavy atom. The Balaban J connectivity index is 1.59. The Morgan fingerprint density at radius 3 is 2.96 bits per heavy atom. The first-order valence-corrected chi connectivity index (χ1v) is 8.95. The monoisotopic (exact) mass is 382 g/mol. The van der Waals surface area contributed by atoms with Gasteiger partial charge in [0, 0.05) is 31.6 Å². The van der Waals surface area contributed by atoms with Gasteiger partial charge in [-0.25, -0.2) is 19.9 Å². The lowest BCUT2D eigenvalue weighted by Gasteiger charge is -2.13. The van der Waals surface area contributed by atoms with Crippen molar-refractivity contribution < 1.29 is 4.74 Å². The van der Waals surface area contributed by atoms with E-state index in [2.05, 4.69) is 30.6 Å². The minimum atomic E-state index is 0.200. The number of nitrogens with one attached hydrogen (secondary N) is 2. The maximum Gasteiger partial charge on any atom is 0.231 e. The Kier molecular flexibility index (Phi) is 6.13. The van der Waals surface area contributed by atoms with Gasteiger partial charge in [-0.05, 0) is 42.9 Å². The Hall–Kier alpha value is -1.55. The van der Waals surface area contributed by atoms with Gasteiger partial charge in [0.2, 0.25) is 5.95 Å². The van der Waals surface area contributed by atoms with E-state index in [1.54, 1.807) is 24.5 Å². The molecule has 1 aliphatic rings. The van der Waals surface area contributed by atoms with Crippen LogP contribution in [-0.4, -0.2) is 44.3 Å². The van der Waals surface area contributed by atoms with E-state index in [0.717, 1.165) is 19.4 Å². The van der Waals surface area contributed by atoms with Crippen LogP contribution in [0.2, 0.25) is 5.15 Å². The molecule has 10 heteroatoms. The molecule has 0 saturated carbocycles. The van der Waals surface area contributed by atoms with Crippen LogP contribution in [0.5, 0.6) is 0 Å². The van der Waals surface area contributed by atoms with Crippen molar-refractivity contribution in [2.45, 2.75) is 29.1 Å². The maximum atomic E-state index is 6.05. The summed E-state index contributed by atoms with van der Waals surface area (Å²) in [6.07, 6.45) is 5.67. The number of anilines is 1. The van der Waals surface area contributed by atoms with Gasteiger partial charge >= 0.3 is 0 Å². The average Bonchev–Trinajstić information content (AvgIpc) is 3.07. The molecule has 1 atom stereocenters. The first-order valence-electron chi connectivity index (χ1n) is 7.35. The molecule has 126 valence electrons. The van der Waals surface area contributed by atoms with Gasteiger partial charge in [0.25, 0.3) is 0 Å². The molecule has 0 spiro atoms. The van der Waals surface area contributed by atoms with Gasteiger partial charge in [0.15, 0.2) is 10.3 Å². The second-order valence-electron chi connectivity index (χ2n) is 4.96. The highest BCUT2D eigenvalue weighted by molar-refractivity contribution is 7.99. The zero-order valence-corrected chi connectivity index (χ0v) is 15.0. The van der Waals surface area contributed by atoms with E-state index in [4.69, 9.17) is 28.6 Å². The van der Waals surface area contributed by atoms with Crippen LogP contribution < -0.4 is 10.6 Å². The lowest BCUT2D eigenvalue weighted by molar-refractivity contribution is 0.114. The number of thiocarbonyl (C=S) groups is 1. The molecule has 2 N–H and O–H groups in total. The summed E-state index contributed by atoms with van der Waals surface area (Å²) in [5, 5.41) is 7.99. The van der Waals surface area contributed by atoms with Crippen molar-refractivity contribution in [2.24, 2.45) is 0 Å². The van der Waals surface area contributed by atoms with Gasteiger partial charge in [-0.1, -0.05) is 11.6 Å². The van der Waals surface area contributed by atoms with Crippen LogP contribution in [-0.2, 0) is 4.74 Å². The van der Waals surface area contributed by atoms with Crippen LogP contribution in [0.4, 0.5) is 5.95 Å². The first-order chi connectivity index (χ1) is 11.7. The molecule has 0 radical (unpaired) electrons. The number of nitrogens with zero attached hydrogens (tertiary/aromatic N) is 4. The van der Waals surface area contributed by atoms with Crippen molar-refractivity contribution in [1.29, 1.82) is 0 Å². The zero-order chi connectivity index (χ0) is 16.8. The van der Waals surface area contributed by atoms with E-state index in [1.165, 1.54) is 11.8 Å². The Bertz CT molecular complexity index is 699. The van der Waals surface area contributed by atoms with Crippen LogP contribution in [0.3, 0.4) is 0 Å². The number of hydrogen-bond donors (Lipinski definition) is 2. The van der Waals surface area contributed by atoms with Crippen LogP contribution in [0, 0.1) is 0 Å². The Labute approximate surface area is 154 Å². The van der Waals surface area contributed by atoms with Crippen molar-refractivity contribution in [3.63, 3.8) is 0 Å². The van der Waals surface area contributed by atoms with Crippen LogP contribution in [0.1, 0.15) is 12.8 Å². The summed E-state index contributed by atoms with van der Waals surface area (Å²) in [5.41, 5.74) is 0. The lowest BCUT2D eigenvalue weighted by atomic mass is 10.2. The van der Waals surface area contributed by atoms with Crippen molar-refractivity contribution in [3.05, 3.63) is 29.7 Å². The molecule has 2 aromatic rings. The third-order valence-electron chi connectivity index (χ3n) is 3.15. The third kappa shape index (κ3) is 5.23. The lowest BCUT2D eigenvalue weighted by Crippen LogP contribution is -2.35. The number of aromatic nitrogens is 4. The van der Waals surface area contributed by atoms with Crippen LogP contribution >= 0.6 is 35.6 Å². The zero-order valence-electron chi connectivity index (χ0n) is 12.6. The molecule has 0 amide bonds. The predicted octanol–water partition coefficient (Wildman–Crippen LogP) is 2.54. The SMILES string of the molecule is S=C(NC[C@H]1CCCO1)Nc1nc(Cl)cc(Sc2ncccn2)n1. The van der Waals surface area contributed by atoms with Crippen molar-refractivity contribution in [1.82, 2.24) is 25.3 Å². The predicted molar refractivity (Wildman–Crippen MR) is 96.4 cm³/mol. The number of ether oxygens (including phenoxy) is 1. The molecule has 0 bridgehead atoms. The Morgan fingerprint density at radius 2 is 2.21 bits per heavy atom. The van der Waals surface area contributed by atoms with E-state index in [-0.39, 0.29) is 6.10 Å². The van der Waals surface area contributed by atoms with Gasteiger partial charge in [-0.2, -0.15) is 0 Å². The largest absolute Gasteiger partial charge is 0.376 e. The first kappa shape index (κ1) is 17.3. The molecule has 7 nitrogen and oxygen atoms in total. The molecule has 1 aliphatic heterocycles. The summed E-state index contributed by atoms with van der Waals surface area (Å²) >= 11 is 12.6. The van der Waals surface area contributed by atoms with E-state index < -0.39 is 0 Å². The van der Waals surface area contributed by atoms with Crippen molar-refractivity contribution in [3.8, 4) is 0 Å². The normalized spacial score (nSPS) is 16.8.